The molecule has 0 spiro atoms. The fourth-order valence-corrected chi connectivity index (χ4v) is 2.21. The molecule has 1 unspecified atom stereocenters. The number of rotatable bonds is 8. The standard InChI is InChI=1S/C14H19NO5S/c1-21-7-6-10(14(19)20)15-13(18)5-3-9-2-4-11(16)12(17)8-9/h2,4,8,10,16-17H,3,5-7H2,1H3,(H,15,18)(H,19,20). The van der Waals surface area contributed by atoms with Gasteiger partial charge in [-0.25, -0.2) is 4.79 Å². The van der Waals surface area contributed by atoms with Crippen LogP contribution < -0.4 is 5.32 Å². The second-order valence-corrected chi connectivity index (χ2v) is 5.55. The third kappa shape index (κ3) is 5.95. The van der Waals surface area contributed by atoms with E-state index in [4.69, 9.17) is 5.11 Å². The van der Waals surface area contributed by atoms with E-state index in [1.807, 2.05) is 6.26 Å². The molecule has 0 aliphatic rings. The number of aryl methyl sites for hydroxylation is 1. The van der Waals surface area contributed by atoms with Gasteiger partial charge in [0.1, 0.15) is 6.04 Å². The second kappa shape index (κ2) is 8.41. The van der Waals surface area contributed by atoms with E-state index in [-0.39, 0.29) is 23.8 Å². The third-order valence-corrected chi connectivity index (χ3v) is 3.57. The second-order valence-electron chi connectivity index (χ2n) is 4.56. The SMILES string of the molecule is CSCCC(NC(=O)CCc1ccc(O)c(O)c1)C(=O)O. The maximum Gasteiger partial charge on any atom is 0.326 e. The van der Waals surface area contributed by atoms with Crippen LogP contribution in [0.3, 0.4) is 0 Å². The Morgan fingerprint density at radius 3 is 2.57 bits per heavy atom. The Morgan fingerprint density at radius 1 is 1.29 bits per heavy atom. The summed E-state index contributed by atoms with van der Waals surface area (Å²) >= 11 is 1.52. The van der Waals surface area contributed by atoms with Gasteiger partial charge in [0.25, 0.3) is 0 Å². The number of thioether (sulfide) groups is 1. The first kappa shape index (κ1) is 17.2. The smallest absolute Gasteiger partial charge is 0.326 e. The zero-order valence-corrected chi connectivity index (χ0v) is 12.5. The summed E-state index contributed by atoms with van der Waals surface area (Å²) in [6.45, 7) is 0. The molecule has 0 saturated carbocycles. The van der Waals surface area contributed by atoms with Crippen molar-refractivity contribution in [2.45, 2.75) is 25.3 Å². The predicted molar refractivity (Wildman–Crippen MR) is 80.7 cm³/mol. The maximum atomic E-state index is 11.8. The average Bonchev–Trinajstić information content (AvgIpc) is 2.44. The van der Waals surface area contributed by atoms with E-state index < -0.39 is 12.0 Å². The molecule has 0 saturated heterocycles. The Labute approximate surface area is 127 Å². The van der Waals surface area contributed by atoms with Gasteiger partial charge in [-0.3, -0.25) is 4.79 Å². The highest BCUT2D eigenvalue weighted by molar-refractivity contribution is 7.98. The van der Waals surface area contributed by atoms with Crippen LogP contribution in [0.4, 0.5) is 0 Å². The van der Waals surface area contributed by atoms with Gasteiger partial charge < -0.3 is 20.6 Å². The molecular weight excluding hydrogens is 294 g/mol. The van der Waals surface area contributed by atoms with Gasteiger partial charge in [0.2, 0.25) is 5.91 Å². The van der Waals surface area contributed by atoms with Crippen molar-refractivity contribution in [2.75, 3.05) is 12.0 Å². The molecule has 1 aromatic rings. The molecule has 6 nitrogen and oxygen atoms in total. The number of phenols is 2. The number of aliphatic carboxylic acids is 1. The molecule has 1 amide bonds. The number of aromatic hydroxyl groups is 2. The number of hydrogen-bond donors (Lipinski definition) is 4. The lowest BCUT2D eigenvalue weighted by atomic mass is 10.1. The van der Waals surface area contributed by atoms with Gasteiger partial charge in [-0.2, -0.15) is 11.8 Å². The first-order valence-electron chi connectivity index (χ1n) is 6.46. The summed E-state index contributed by atoms with van der Waals surface area (Å²) in [5, 5.41) is 30.0. The number of phenolic OH excluding ortho intramolecular Hbond substituents is 2. The third-order valence-electron chi connectivity index (χ3n) is 2.92. The molecule has 1 rings (SSSR count). The zero-order chi connectivity index (χ0) is 15.8. The van der Waals surface area contributed by atoms with Crippen molar-refractivity contribution in [3.63, 3.8) is 0 Å². The van der Waals surface area contributed by atoms with Crippen LogP contribution in [-0.2, 0) is 16.0 Å². The van der Waals surface area contributed by atoms with Crippen molar-refractivity contribution in [1.82, 2.24) is 5.32 Å². The van der Waals surface area contributed by atoms with Crippen LogP contribution in [-0.4, -0.2) is 45.2 Å². The Balaban J connectivity index is 2.48. The van der Waals surface area contributed by atoms with Gasteiger partial charge in [-0.05, 0) is 42.5 Å². The van der Waals surface area contributed by atoms with Crippen molar-refractivity contribution in [2.24, 2.45) is 0 Å². The lowest BCUT2D eigenvalue weighted by Crippen LogP contribution is -2.41. The fourth-order valence-electron chi connectivity index (χ4n) is 1.74. The van der Waals surface area contributed by atoms with Crippen LogP contribution in [0.15, 0.2) is 18.2 Å². The first-order chi connectivity index (χ1) is 9.93. The quantitative estimate of drug-likeness (QED) is 0.540. The van der Waals surface area contributed by atoms with Gasteiger partial charge in [0.05, 0.1) is 0 Å². The summed E-state index contributed by atoms with van der Waals surface area (Å²) in [6, 6.07) is 3.45. The highest BCUT2D eigenvalue weighted by Crippen LogP contribution is 2.25. The number of benzene rings is 1. The molecule has 0 aliphatic heterocycles. The minimum Gasteiger partial charge on any atom is -0.504 e. The monoisotopic (exact) mass is 313 g/mol. The number of hydrogen-bond acceptors (Lipinski definition) is 5. The molecular formula is C14H19NO5S. The van der Waals surface area contributed by atoms with Crippen molar-refractivity contribution in [3.05, 3.63) is 23.8 Å². The summed E-state index contributed by atoms with van der Waals surface area (Å²) < 4.78 is 0. The van der Waals surface area contributed by atoms with Crippen LogP contribution >= 0.6 is 11.8 Å². The Morgan fingerprint density at radius 2 is 2.00 bits per heavy atom. The van der Waals surface area contributed by atoms with E-state index >= 15 is 0 Å². The number of carbonyl (C=O) groups is 2. The van der Waals surface area contributed by atoms with E-state index in [9.17, 15) is 19.8 Å². The molecule has 0 radical (unpaired) electrons. The van der Waals surface area contributed by atoms with E-state index in [0.717, 1.165) is 0 Å². The summed E-state index contributed by atoms with van der Waals surface area (Å²) in [5.41, 5.74) is 0.691. The highest BCUT2D eigenvalue weighted by Gasteiger charge is 2.19. The Kier molecular flexibility index (Phi) is 6.87. The van der Waals surface area contributed by atoms with Gasteiger partial charge >= 0.3 is 5.97 Å². The van der Waals surface area contributed by atoms with Crippen LogP contribution in [0.25, 0.3) is 0 Å². The average molecular weight is 313 g/mol. The van der Waals surface area contributed by atoms with Gasteiger partial charge in [-0.1, -0.05) is 6.07 Å². The minimum atomic E-state index is -1.04. The van der Waals surface area contributed by atoms with E-state index in [0.29, 0.717) is 24.2 Å². The van der Waals surface area contributed by atoms with E-state index in [1.165, 1.54) is 23.9 Å². The lowest BCUT2D eigenvalue weighted by Gasteiger charge is -2.14. The lowest BCUT2D eigenvalue weighted by molar-refractivity contribution is -0.141. The molecule has 0 heterocycles. The zero-order valence-electron chi connectivity index (χ0n) is 11.7. The number of nitrogens with one attached hydrogen (secondary N) is 1. The Bertz CT molecular complexity index is 506. The van der Waals surface area contributed by atoms with Crippen molar-refractivity contribution in [3.8, 4) is 11.5 Å². The molecule has 4 N–H and O–H groups in total. The van der Waals surface area contributed by atoms with Gasteiger partial charge in [0.15, 0.2) is 11.5 Å². The molecule has 1 aromatic carbocycles. The molecule has 0 fully saturated rings. The van der Waals surface area contributed by atoms with Crippen LogP contribution in [0, 0.1) is 0 Å². The molecule has 116 valence electrons. The molecule has 7 heteroatoms. The minimum absolute atomic E-state index is 0.118. The van der Waals surface area contributed by atoms with Gasteiger partial charge in [-0.15, -0.1) is 0 Å². The summed E-state index contributed by atoms with van der Waals surface area (Å²) in [5.74, 6) is -1.19. The number of carboxylic acids is 1. The van der Waals surface area contributed by atoms with E-state index in [2.05, 4.69) is 5.32 Å². The summed E-state index contributed by atoms with van der Waals surface area (Å²) in [7, 11) is 0. The summed E-state index contributed by atoms with van der Waals surface area (Å²) in [6.07, 6.45) is 2.72. The molecule has 0 bridgehead atoms. The molecule has 0 aromatic heterocycles. The topological polar surface area (TPSA) is 107 Å². The molecule has 0 aliphatic carbocycles. The normalized spacial score (nSPS) is 11.9. The number of amides is 1. The van der Waals surface area contributed by atoms with Crippen LogP contribution in [0.1, 0.15) is 18.4 Å². The number of carboxylic acid groups (broad SMARTS) is 1. The van der Waals surface area contributed by atoms with Crippen molar-refractivity contribution >= 4 is 23.6 Å². The first-order valence-corrected chi connectivity index (χ1v) is 7.85. The predicted octanol–water partition coefficient (Wildman–Crippen LogP) is 1.35. The largest absolute Gasteiger partial charge is 0.504 e. The fraction of sp³-hybridized carbons (Fsp3) is 0.429. The van der Waals surface area contributed by atoms with Crippen LogP contribution in [0.5, 0.6) is 11.5 Å². The molecule has 21 heavy (non-hydrogen) atoms. The van der Waals surface area contributed by atoms with Crippen molar-refractivity contribution < 1.29 is 24.9 Å². The van der Waals surface area contributed by atoms with Gasteiger partial charge in [0, 0.05) is 6.42 Å². The maximum absolute atomic E-state index is 11.8. The summed E-state index contributed by atoms with van der Waals surface area (Å²) in [4.78, 5) is 22.8. The van der Waals surface area contributed by atoms with E-state index in [1.54, 1.807) is 6.07 Å². The number of carbonyl (C=O) groups excluding carboxylic acids is 1. The van der Waals surface area contributed by atoms with Crippen LogP contribution in [0.2, 0.25) is 0 Å². The van der Waals surface area contributed by atoms with Crippen molar-refractivity contribution in [1.29, 1.82) is 0 Å². The molecule has 1 atom stereocenters. The highest BCUT2D eigenvalue weighted by atomic mass is 32.2. The Hall–Kier alpha value is -1.89.